The highest BCUT2D eigenvalue weighted by Gasteiger charge is 1.92. The molecule has 1 nitrogen and oxygen atoms in total. The number of hydrogen-bond acceptors (Lipinski definition) is 1. The molecule has 0 aliphatic rings. The van der Waals surface area contributed by atoms with Crippen molar-refractivity contribution in [3.63, 3.8) is 0 Å². The molecule has 0 aliphatic heterocycles. The van der Waals surface area contributed by atoms with Gasteiger partial charge in [0.1, 0.15) is 0 Å². The van der Waals surface area contributed by atoms with Gasteiger partial charge in [0.25, 0.3) is 0 Å². The summed E-state index contributed by atoms with van der Waals surface area (Å²) in [5.41, 5.74) is 5.33. The summed E-state index contributed by atoms with van der Waals surface area (Å²) in [5, 5.41) is 0. The highest BCUT2D eigenvalue weighted by Crippen LogP contribution is 2.00. The molecule has 0 spiro atoms. The van der Waals surface area contributed by atoms with Gasteiger partial charge in [-0.25, -0.2) is 0 Å². The summed E-state index contributed by atoms with van der Waals surface area (Å²) >= 11 is 0. The third kappa shape index (κ3) is 3.80. The lowest BCUT2D eigenvalue weighted by Gasteiger charge is -2.02. The van der Waals surface area contributed by atoms with Crippen molar-refractivity contribution in [1.29, 1.82) is 0 Å². The van der Waals surface area contributed by atoms with Crippen molar-refractivity contribution in [2.75, 3.05) is 6.54 Å². The summed E-state index contributed by atoms with van der Waals surface area (Å²) in [6.07, 6.45) is 2.18. The molecule has 0 saturated carbocycles. The fraction of sp³-hybridized carbons (Fsp3) is 0.833. The molecule has 0 bridgehead atoms. The average Bonchev–Trinajstić information content (AvgIpc) is 1.68. The summed E-state index contributed by atoms with van der Waals surface area (Å²) < 4.78 is 0. The normalized spacial score (nSPS) is 14.1. The van der Waals surface area contributed by atoms with E-state index in [2.05, 4.69) is 13.8 Å². The molecule has 0 heterocycles. The summed E-state index contributed by atoms with van der Waals surface area (Å²) in [6, 6.07) is 0. The molecular weight excluding hydrogens is 86.1 g/mol. The second-order valence-corrected chi connectivity index (χ2v) is 1.98. The van der Waals surface area contributed by atoms with Gasteiger partial charge in [0.2, 0.25) is 0 Å². The summed E-state index contributed by atoms with van der Waals surface area (Å²) in [6.45, 7) is 6.66. The molecule has 0 fully saturated rings. The van der Waals surface area contributed by atoms with Gasteiger partial charge >= 0.3 is 0 Å². The second kappa shape index (κ2) is 4.13. The lowest BCUT2D eigenvalue weighted by atomic mass is 10.1. The molecule has 0 saturated heterocycles. The first kappa shape index (κ1) is 6.96. The Bertz CT molecular complexity index is 35.2. The van der Waals surface area contributed by atoms with Crippen LogP contribution in [0.2, 0.25) is 0 Å². The quantitative estimate of drug-likeness (QED) is 0.566. The van der Waals surface area contributed by atoms with E-state index < -0.39 is 0 Å². The van der Waals surface area contributed by atoms with Crippen LogP contribution in [0, 0.1) is 12.8 Å². The SMILES string of the molecule is [CH2]CCC(C)CN. The number of rotatable bonds is 3. The van der Waals surface area contributed by atoms with Crippen LogP contribution in [-0.2, 0) is 0 Å². The minimum atomic E-state index is 0.664. The van der Waals surface area contributed by atoms with Crippen LogP contribution in [0.3, 0.4) is 0 Å². The van der Waals surface area contributed by atoms with Gasteiger partial charge in [-0.15, -0.1) is 0 Å². The van der Waals surface area contributed by atoms with E-state index in [9.17, 15) is 0 Å². The molecule has 0 rings (SSSR count). The van der Waals surface area contributed by atoms with Gasteiger partial charge in [0.05, 0.1) is 0 Å². The highest BCUT2D eigenvalue weighted by atomic mass is 14.5. The molecule has 1 unspecified atom stereocenters. The monoisotopic (exact) mass is 100 g/mol. The Hall–Kier alpha value is -0.0400. The summed E-state index contributed by atoms with van der Waals surface area (Å²) in [5.74, 6) is 0.664. The summed E-state index contributed by atoms with van der Waals surface area (Å²) in [7, 11) is 0. The second-order valence-electron chi connectivity index (χ2n) is 1.98. The Balaban J connectivity index is 2.83. The number of hydrogen-bond donors (Lipinski definition) is 1. The average molecular weight is 100 g/mol. The van der Waals surface area contributed by atoms with E-state index in [-0.39, 0.29) is 0 Å². The molecular formula is C6H14N. The summed E-state index contributed by atoms with van der Waals surface area (Å²) in [4.78, 5) is 0. The minimum Gasteiger partial charge on any atom is -0.330 e. The Morgan fingerprint density at radius 3 is 2.43 bits per heavy atom. The van der Waals surface area contributed by atoms with Crippen LogP contribution >= 0.6 is 0 Å². The third-order valence-corrected chi connectivity index (χ3v) is 1.10. The molecule has 1 atom stereocenters. The van der Waals surface area contributed by atoms with Crippen LogP contribution in [0.1, 0.15) is 19.8 Å². The maximum atomic E-state index is 5.33. The standard InChI is InChI=1S/C6H14N/c1-3-4-6(2)5-7/h6H,1,3-5,7H2,2H3. The third-order valence-electron chi connectivity index (χ3n) is 1.10. The van der Waals surface area contributed by atoms with Crippen LogP contribution in [0.4, 0.5) is 0 Å². The fourth-order valence-electron chi connectivity index (χ4n) is 0.466. The van der Waals surface area contributed by atoms with Crippen LogP contribution in [0.5, 0.6) is 0 Å². The lowest BCUT2D eigenvalue weighted by molar-refractivity contribution is 0.549. The van der Waals surface area contributed by atoms with Crippen molar-refractivity contribution >= 4 is 0 Å². The molecule has 0 amide bonds. The zero-order valence-electron chi connectivity index (χ0n) is 4.98. The molecule has 43 valence electrons. The molecule has 1 radical (unpaired) electrons. The largest absolute Gasteiger partial charge is 0.330 e. The molecule has 0 aromatic heterocycles. The molecule has 0 aromatic carbocycles. The van der Waals surface area contributed by atoms with E-state index in [0.29, 0.717) is 5.92 Å². The first-order valence-corrected chi connectivity index (χ1v) is 2.80. The topological polar surface area (TPSA) is 26.0 Å². The van der Waals surface area contributed by atoms with Gasteiger partial charge in [-0.05, 0) is 18.9 Å². The van der Waals surface area contributed by atoms with E-state index in [1.807, 2.05) is 0 Å². The first-order valence-electron chi connectivity index (χ1n) is 2.80. The van der Waals surface area contributed by atoms with Gasteiger partial charge in [-0.2, -0.15) is 0 Å². The van der Waals surface area contributed by atoms with Crippen molar-refractivity contribution in [1.82, 2.24) is 0 Å². The molecule has 0 aliphatic carbocycles. The van der Waals surface area contributed by atoms with Crippen LogP contribution in [-0.4, -0.2) is 6.54 Å². The van der Waals surface area contributed by atoms with Crippen LogP contribution in [0.25, 0.3) is 0 Å². The Morgan fingerprint density at radius 1 is 1.71 bits per heavy atom. The van der Waals surface area contributed by atoms with Gasteiger partial charge in [-0.3, -0.25) is 0 Å². The Morgan fingerprint density at radius 2 is 2.29 bits per heavy atom. The van der Waals surface area contributed by atoms with E-state index in [0.717, 1.165) is 19.4 Å². The van der Waals surface area contributed by atoms with Gasteiger partial charge in [0, 0.05) is 0 Å². The Kier molecular flexibility index (Phi) is 4.10. The van der Waals surface area contributed by atoms with Crippen molar-refractivity contribution in [3.8, 4) is 0 Å². The molecule has 1 heteroatoms. The molecule has 7 heavy (non-hydrogen) atoms. The van der Waals surface area contributed by atoms with Crippen LogP contribution in [0.15, 0.2) is 0 Å². The van der Waals surface area contributed by atoms with Crippen LogP contribution < -0.4 is 5.73 Å². The molecule has 2 N–H and O–H groups in total. The van der Waals surface area contributed by atoms with Crippen molar-refractivity contribution < 1.29 is 0 Å². The zero-order chi connectivity index (χ0) is 5.70. The van der Waals surface area contributed by atoms with E-state index in [4.69, 9.17) is 5.73 Å². The van der Waals surface area contributed by atoms with Crippen molar-refractivity contribution in [2.45, 2.75) is 19.8 Å². The first-order chi connectivity index (χ1) is 3.31. The Labute approximate surface area is 45.9 Å². The van der Waals surface area contributed by atoms with Gasteiger partial charge in [-0.1, -0.05) is 20.3 Å². The minimum absolute atomic E-state index is 0.664. The maximum absolute atomic E-state index is 5.33. The van der Waals surface area contributed by atoms with Crippen molar-refractivity contribution in [2.24, 2.45) is 11.7 Å². The van der Waals surface area contributed by atoms with E-state index in [1.54, 1.807) is 0 Å². The van der Waals surface area contributed by atoms with Crippen molar-refractivity contribution in [3.05, 3.63) is 6.92 Å². The van der Waals surface area contributed by atoms with Gasteiger partial charge < -0.3 is 5.73 Å². The zero-order valence-corrected chi connectivity index (χ0v) is 4.98. The molecule has 0 aromatic rings. The number of nitrogens with two attached hydrogens (primary N) is 1. The smallest absolute Gasteiger partial charge is 0.00515 e. The van der Waals surface area contributed by atoms with Gasteiger partial charge in [0.15, 0.2) is 0 Å². The predicted octanol–water partition coefficient (Wildman–Crippen LogP) is 1.20. The van der Waals surface area contributed by atoms with E-state index in [1.165, 1.54) is 0 Å². The predicted molar refractivity (Wildman–Crippen MR) is 32.8 cm³/mol. The van der Waals surface area contributed by atoms with E-state index >= 15 is 0 Å². The fourth-order valence-corrected chi connectivity index (χ4v) is 0.466. The highest BCUT2D eigenvalue weighted by molar-refractivity contribution is 4.52. The maximum Gasteiger partial charge on any atom is -0.00515 e. The lowest BCUT2D eigenvalue weighted by Crippen LogP contribution is -2.09.